The number of benzene rings is 1. The second kappa shape index (κ2) is 6.41. The van der Waals surface area contributed by atoms with Crippen LogP contribution in [0.15, 0.2) is 42.5 Å². The second-order valence-corrected chi connectivity index (χ2v) is 4.17. The van der Waals surface area contributed by atoms with Gasteiger partial charge in [0.2, 0.25) is 0 Å². The van der Waals surface area contributed by atoms with Crippen LogP contribution in [0.1, 0.15) is 25.3 Å². The van der Waals surface area contributed by atoms with Crippen molar-refractivity contribution < 1.29 is 0 Å². The van der Waals surface area contributed by atoms with E-state index in [9.17, 15) is 0 Å². The summed E-state index contributed by atoms with van der Waals surface area (Å²) in [5, 5.41) is 3.36. The Hall–Kier alpha value is -1.08. The maximum absolute atomic E-state index is 3.94. The average molecular weight is 203 g/mol. The third-order valence-corrected chi connectivity index (χ3v) is 2.65. The predicted molar refractivity (Wildman–Crippen MR) is 67.0 cm³/mol. The summed E-state index contributed by atoms with van der Waals surface area (Å²) in [5.41, 5.74) is 2.67. The lowest BCUT2D eigenvalue weighted by molar-refractivity contribution is 0.519. The van der Waals surface area contributed by atoms with Gasteiger partial charge in [0, 0.05) is 6.04 Å². The van der Waals surface area contributed by atoms with Crippen molar-refractivity contribution >= 4 is 0 Å². The highest BCUT2D eigenvalue weighted by atomic mass is 14.9. The van der Waals surface area contributed by atoms with Crippen LogP contribution in [0.2, 0.25) is 0 Å². The second-order valence-electron chi connectivity index (χ2n) is 4.17. The van der Waals surface area contributed by atoms with Crippen LogP contribution in [-0.2, 0) is 6.42 Å². The number of nitrogens with one attached hydrogen (secondary N) is 1. The van der Waals surface area contributed by atoms with E-state index in [1.807, 2.05) is 7.05 Å². The van der Waals surface area contributed by atoms with E-state index in [0.717, 1.165) is 12.8 Å². The van der Waals surface area contributed by atoms with Crippen LogP contribution < -0.4 is 5.32 Å². The zero-order valence-electron chi connectivity index (χ0n) is 9.79. The molecule has 1 aromatic carbocycles. The molecule has 0 aliphatic heterocycles. The Morgan fingerprint density at radius 1 is 1.33 bits per heavy atom. The summed E-state index contributed by atoms with van der Waals surface area (Å²) in [7, 11) is 2.03. The monoisotopic (exact) mass is 203 g/mol. The quantitative estimate of drug-likeness (QED) is 0.700. The Morgan fingerprint density at radius 2 is 2.00 bits per heavy atom. The van der Waals surface area contributed by atoms with Gasteiger partial charge >= 0.3 is 0 Å². The minimum atomic E-state index is 0.559. The van der Waals surface area contributed by atoms with Crippen molar-refractivity contribution in [2.24, 2.45) is 0 Å². The van der Waals surface area contributed by atoms with Crippen molar-refractivity contribution in [3.63, 3.8) is 0 Å². The van der Waals surface area contributed by atoms with Crippen molar-refractivity contribution in [1.29, 1.82) is 0 Å². The number of hydrogen-bond acceptors (Lipinski definition) is 1. The highest BCUT2D eigenvalue weighted by Gasteiger charge is 2.06. The van der Waals surface area contributed by atoms with Gasteiger partial charge in [-0.05, 0) is 38.8 Å². The van der Waals surface area contributed by atoms with Crippen molar-refractivity contribution in [2.45, 2.75) is 32.2 Å². The van der Waals surface area contributed by atoms with E-state index < -0.39 is 0 Å². The minimum absolute atomic E-state index is 0.559. The van der Waals surface area contributed by atoms with Crippen LogP contribution in [0.25, 0.3) is 0 Å². The van der Waals surface area contributed by atoms with Gasteiger partial charge in [-0.15, -0.1) is 6.58 Å². The highest BCUT2D eigenvalue weighted by Crippen LogP contribution is 2.10. The molecule has 0 saturated carbocycles. The molecular formula is C14H21N. The first-order chi connectivity index (χ1) is 7.22. The zero-order chi connectivity index (χ0) is 11.1. The smallest absolute Gasteiger partial charge is 0.0107 e. The molecule has 0 saturated heterocycles. The number of likely N-dealkylation sites (N-methyl/N-ethyl adjacent to an activating group) is 1. The maximum atomic E-state index is 3.94. The van der Waals surface area contributed by atoms with Gasteiger partial charge in [-0.2, -0.15) is 0 Å². The fourth-order valence-electron chi connectivity index (χ4n) is 1.67. The molecule has 15 heavy (non-hydrogen) atoms. The van der Waals surface area contributed by atoms with Crippen LogP contribution in [0.3, 0.4) is 0 Å². The Kier molecular flexibility index (Phi) is 5.13. The normalized spacial score (nSPS) is 12.4. The molecule has 0 amide bonds. The number of hydrogen-bond donors (Lipinski definition) is 1. The summed E-state index contributed by atoms with van der Waals surface area (Å²) in [4.78, 5) is 0. The summed E-state index contributed by atoms with van der Waals surface area (Å²) >= 11 is 0. The molecule has 0 aliphatic rings. The number of rotatable bonds is 6. The topological polar surface area (TPSA) is 12.0 Å². The summed E-state index contributed by atoms with van der Waals surface area (Å²) in [6.07, 6.45) is 3.38. The lowest BCUT2D eigenvalue weighted by atomic mass is 10.0. The zero-order valence-corrected chi connectivity index (χ0v) is 9.79. The van der Waals surface area contributed by atoms with Gasteiger partial charge in [0.05, 0.1) is 0 Å². The largest absolute Gasteiger partial charge is 0.317 e. The third-order valence-electron chi connectivity index (χ3n) is 2.65. The van der Waals surface area contributed by atoms with Crippen molar-refractivity contribution in [1.82, 2.24) is 5.32 Å². The van der Waals surface area contributed by atoms with Crippen LogP contribution in [-0.4, -0.2) is 13.1 Å². The van der Waals surface area contributed by atoms with E-state index in [0.29, 0.717) is 6.04 Å². The van der Waals surface area contributed by atoms with Crippen molar-refractivity contribution in [3.8, 4) is 0 Å². The molecule has 1 heteroatoms. The van der Waals surface area contributed by atoms with Crippen LogP contribution in [0, 0.1) is 0 Å². The molecule has 1 aromatic rings. The van der Waals surface area contributed by atoms with Crippen molar-refractivity contribution in [2.75, 3.05) is 7.05 Å². The summed E-state index contributed by atoms with van der Waals surface area (Å²) in [5.74, 6) is 0. The lowest BCUT2D eigenvalue weighted by Gasteiger charge is -2.16. The standard InChI is InChI=1S/C14H21N/c1-12(2)9-10-14(15-3)11-13-7-5-4-6-8-13/h4-8,14-15H,1,9-11H2,2-3H3. The van der Waals surface area contributed by atoms with Crippen LogP contribution in [0.4, 0.5) is 0 Å². The molecule has 0 bridgehead atoms. The van der Waals surface area contributed by atoms with Gasteiger partial charge in [-0.25, -0.2) is 0 Å². The van der Waals surface area contributed by atoms with E-state index in [4.69, 9.17) is 0 Å². The average Bonchev–Trinajstić information content (AvgIpc) is 2.25. The Morgan fingerprint density at radius 3 is 2.53 bits per heavy atom. The molecule has 0 spiro atoms. The fraction of sp³-hybridized carbons (Fsp3) is 0.429. The first kappa shape index (κ1) is 12.0. The third kappa shape index (κ3) is 4.80. The molecule has 1 unspecified atom stereocenters. The van der Waals surface area contributed by atoms with E-state index in [-0.39, 0.29) is 0 Å². The van der Waals surface area contributed by atoms with E-state index in [1.165, 1.54) is 17.6 Å². The van der Waals surface area contributed by atoms with Gasteiger partial charge in [-0.1, -0.05) is 35.9 Å². The van der Waals surface area contributed by atoms with Gasteiger partial charge < -0.3 is 5.32 Å². The highest BCUT2D eigenvalue weighted by molar-refractivity contribution is 5.15. The van der Waals surface area contributed by atoms with E-state index in [2.05, 4.69) is 49.2 Å². The summed E-state index contributed by atoms with van der Waals surface area (Å²) in [6.45, 7) is 6.03. The first-order valence-electron chi connectivity index (χ1n) is 5.58. The molecule has 1 atom stereocenters. The molecule has 0 aliphatic carbocycles. The minimum Gasteiger partial charge on any atom is -0.317 e. The molecule has 0 fully saturated rings. The fourth-order valence-corrected chi connectivity index (χ4v) is 1.67. The first-order valence-corrected chi connectivity index (χ1v) is 5.58. The SMILES string of the molecule is C=C(C)CCC(Cc1ccccc1)NC. The van der Waals surface area contributed by atoms with Gasteiger partial charge in [0.15, 0.2) is 0 Å². The predicted octanol–water partition coefficient (Wildman–Crippen LogP) is 3.17. The van der Waals surface area contributed by atoms with Crippen LogP contribution in [0.5, 0.6) is 0 Å². The molecule has 0 aromatic heterocycles. The Bertz CT molecular complexity index is 289. The number of allylic oxidation sites excluding steroid dienone is 1. The molecule has 1 nitrogen and oxygen atoms in total. The van der Waals surface area contributed by atoms with Crippen molar-refractivity contribution in [3.05, 3.63) is 48.0 Å². The summed E-state index contributed by atoms with van der Waals surface area (Å²) < 4.78 is 0. The van der Waals surface area contributed by atoms with Gasteiger partial charge in [0.1, 0.15) is 0 Å². The van der Waals surface area contributed by atoms with E-state index in [1.54, 1.807) is 0 Å². The lowest BCUT2D eigenvalue weighted by Crippen LogP contribution is -2.27. The molecule has 1 rings (SSSR count). The van der Waals surface area contributed by atoms with Gasteiger partial charge in [0.25, 0.3) is 0 Å². The molecule has 0 radical (unpaired) electrons. The molecule has 1 N–H and O–H groups in total. The summed E-state index contributed by atoms with van der Waals surface area (Å²) in [6, 6.07) is 11.2. The van der Waals surface area contributed by atoms with Gasteiger partial charge in [-0.3, -0.25) is 0 Å². The van der Waals surface area contributed by atoms with E-state index >= 15 is 0 Å². The Balaban J connectivity index is 2.43. The van der Waals surface area contributed by atoms with Crippen LogP contribution >= 0.6 is 0 Å². The molecule has 82 valence electrons. The maximum Gasteiger partial charge on any atom is 0.0107 e. The molecular weight excluding hydrogens is 182 g/mol. The molecule has 0 heterocycles. The Labute approximate surface area is 93.2 Å².